The smallest absolute Gasteiger partial charge is 0.337 e. The summed E-state index contributed by atoms with van der Waals surface area (Å²) in [6.07, 6.45) is 3.38. The van der Waals surface area contributed by atoms with E-state index in [1.807, 2.05) is 19.1 Å². The molecular weight excluding hydrogens is 306 g/mol. The maximum absolute atomic E-state index is 11.4. The molecule has 0 spiro atoms. The third-order valence-corrected chi connectivity index (χ3v) is 3.27. The lowest BCUT2D eigenvalue weighted by Crippen LogP contribution is -2.00. The van der Waals surface area contributed by atoms with Gasteiger partial charge in [-0.3, -0.25) is 4.98 Å². The molecule has 24 heavy (non-hydrogen) atoms. The zero-order valence-electron chi connectivity index (χ0n) is 13.3. The van der Waals surface area contributed by atoms with E-state index in [4.69, 9.17) is 4.74 Å². The Hall–Kier alpha value is -3.28. The number of aromatic nitrogens is 3. The number of hydrogen-bond donors (Lipinski definition) is 0. The lowest BCUT2D eigenvalue weighted by atomic mass is 10.2. The minimum absolute atomic E-state index is 0.389. The van der Waals surface area contributed by atoms with Crippen molar-refractivity contribution in [2.24, 2.45) is 0 Å². The molecule has 3 rings (SSSR count). The SMILES string of the molecule is COC(=O)c1ccc(Oc2cc(C)nc(-c3ccncc3)n2)cc1. The topological polar surface area (TPSA) is 74.2 Å². The fourth-order valence-electron chi connectivity index (χ4n) is 2.12. The third-order valence-electron chi connectivity index (χ3n) is 3.27. The van der Waals surface area contributed by atoms with E-state index < -0.39 is 0 Å². The Morgan fingerprint density at radius 1 is 1.00 bits per heavy atom. The molecule has 0 radical (unpaired) electrons. The van der Waals surface area contributed by atoms with Crippen LogP contribution in [-0.4, -0.2) is 28.0 Å². The fourth-order valence-corrected chi connectivity index (χ4v) is 2.12. The summed E-state index contributed by atoms with van der Waals surface area (Å²) >= 11 is 0. The van der Waals surface area contributed by atoms with Gasteiger partial charge in [0.15, 0.2) is 5.82 Å². The highest BCUT2D eigenvalue weighted by Crippen LogP contribution is 2.23. The van der Waals surface area contributed by atoms with E-state index in [1.54, 1.807) is 42.7 Å². The molecule has 1 aromatic carbocycles. The molecule has 2 aromatic heterocycles. The molecule has 6 nitrogen and oxygen atoms in total. The molecule has 0 aliphatic carbocycles. The van der Waals surface area contributed by atoms with Crippen LogP contribution in [-0.2, 0) is 4.74 Å². The number of aryl methyl sites for hydroxylation is 1. The minimum Gasteiger partial charge on any atom is -0.465 e. The van der Waals surface area contributed by atoms with Crippen LogP contribution >= 0.6 is 0 Å². The number of nitrogens with zero attached hydrogens (tertiary/aromatic N) is 3. The molecule has 0 saturated carbocycles. The van der Waals surface area contributed by atoms with Crippen molar-refractivity contribution >= 4 is 5.97 Å². The Kier molecular flexibility index (Phi) is 4.47. The van der Waals surface area contributed by atoms with Gasteiger partial charge in [0, 0.05) is 29.7 Å². The fraction of sp³-hybridized carbons (Fsp3) is 0.111. The molecule has 0 aliphatic rings. The van der Waals surface area contributed by atoms with Crippen LogP contribution in [0.3, 0.4) is 0 Å². The van der Waals surface area contributed by atoms with Crippen molar-refractivity contribution in [3.63, 3.8) is 0 Å². The maximum Gasteiger partial charge on any atom is 0.337 e. The number of hydrogen-bond acceptors (Lipinski definition) is 6. The molecule has 0 aliphatic heterocycles. The van der Waals surface area contributed by atoms with E-state index >= 15 is 0 Å². The quantitative estimate of drug-likeness (QED) is 0.685. The number of rotatable bonds is 4. The summed E-state index contributed by atoms with van der Waals surface area (Å²) in [5, 5.41) is 0. The molecule has 0 amide bonds. The Bertz CT molecular complexity index is 849. The number of carbonyl (C=O) groups excluding carboxylic acids is 1. The van der Waals surface area contributed by atoms with Crippen molar-refractivity contribution in [3.05, 3.63) is 66.1 Å². The molecule has 0 bridgehead atoms. The predicted octanol–water partition coefficient (Wildman–Crippen LogP) is 3.43. The Morgan fingerprint density at radius 3 is 2.38 bits per heavy atom. The van der Waals surface area contributed by atoms with Crippen molar-refractivity contribution < 1.29 is 14.3 Å². The van der Waals surface area contributed by atoms with Gasteiger partial charge in [0.2, 0.25) is 5.88 Å². The van der Waals surface area contributed by atoms with Gasteiger partial charge in [-0.2, -0.15) is 4.98 Å². The Morgan fingerprint density at radius 2 is 1.71 bits per heavy atom. The van der Waals surface area contributed by atoms with Crippen LogP contribution in [0.4, 0.5) is 0 Å². The van der Waals surface area contributed by atoms with Crippen molar-refractivity contribution in [1.29, 1.82) is 0 Å². The molecule has 6 heteroatoms. The minimum atomic E-state index is -0.389. The van der Waals surface area contributed by atoms with Crippen LogP contribution in [0.1, 0.15) is 16.1 Å². The summed E-state index contributed by atoms with van der Waals surface area (Å²) in [6.45, 7) is 1.87. The summed E-state index contributed by atoms with van der Waals surface area (Å²) < 4.78 is 10.4. The largest absolute Gasteiger partial charge is 0.465 e. The highest BCUT2D eigenvalue weighted by atomic mass is 16.5. The van der Waals surface area contributed by atoms with Crippen molar-refractivity contribution in [2.45, 2.75) is 6.92 Å². The summed E-state index contributed by atoms with van der Waals surface area (Å²) in [5.41, 5.74) is 2.11. The zero-order chi connectivity index (χ0) is 16.9. The maximum atomic E-state index is 11.4. The molecular formula is C18H15N3O3. The van der Waals surface area contributed by atoms with Crippen LogP contribution < -0.4 is 4.74 Å². The lowest BCUT2D eigenvalue weighted by molar-refractivity contribution is 0.0600. The first-order valence-electron chi connectivity index (χ1n) is 7.28. The molecule has 0 fully saturated rings. The van der Waals surface area contributed by atoms with Gasteiger partial charge in [-0.05, 0) is 43.3 Å². The Labute approximate surface area is 139 Å². The summed E-state index contributed by atoms with van der Waals surface area (Å²) in [5.74, 6) is 1.18. The second-order valence-corrected chi connectivity index (χ2v) is 5.03. The molecule has 0 N–H and O–H groups in total. The van der Waals surface area contributed by atoms with Crippen LogP contribution in [0.5, 0.6) is 11.6 Å². The molecule has 0 unspecified atom stereocenters. The number of benzene rings is 1. The van der Waals surface area contributed by atoms with Crippen molar-refractivity contribution in [3.8, 4) is 23.0 Å². The standard InChI is InChI=1S/C18H15N3O3/c1-12-11-16(21-17(20-12)13-7-9-19-10-8-13)24-15-5-3-14(4-6-15)18(22)23-2/h3-11H,1-2H3. The highest BCUT2D eigenvalue weighted by Gasteiger charge is 2.08. The van der Waals surface area contributed by atoms with E-state index in [0.717, 1.165) is 11.3 Å². The number of carbonyl (C=O) groups is 1. The second-order valence-electron chi connectivity index (χ2n) is 5.03. The van der Waals surface area contributed by atoms with Crippen LogP contribution in [0, 0.1) is 6.92 Å². The highest BCUT2D eigenvalue weighted by molar-refractivity contribution is 5.89. The van der Waals surface area contributed by atoms with Gasteiger partial charge >= 0.3 is 5.97 Å². The van der Waals surface area contributed by atoms with E-state index in [-0.39, 0.29) is 5.97 Å². The predicted molar refractivity (Wildman–Crippen MR) is 87.9 cm³/mol. The number of pyridine rings is 1. The summed E-state index contributed by atoms with van der Waals surface area (Å²) in [4.78, 5) is 24.3. The first-order valence-corrected chi connectivity index (χ1v) is 7.28. The number of methoxy groups -OCH3 is 1. The molecule has 0 atom stereocenters. The Balaban J connectivity index is 1.85. The van der Waals surface area contributed by atoms with Crippen molar-refractivity contribution in [2.75, 3.05) is 7.11 Å². The lowest BCUT2D eigenvalue weighted by Gasteiger charge is -2.08. The van der Waals surface area contributed by atoms with E-state index in [1.165, 1.54) is 7.11 Å². The molecule has 2 heterocycles. The molecule has 3 aromatic rings. The summed E-state index contributed by atoms with van der Waals surface area (Å²) in [6, 6.07) is 12.1. The molecule has 120 valence electrons. The average Bonchev–Trinajstić information content (AvgIpc) is 2.62. The van der Waals surface area contributed by atoms with Gasteiger partial charge < -0.3 is 9.47 Å². The van der Waals surface area contributed by atoms with Gasteiger partial charge in [-0.15, -0.1) is 0 Å². The number of esters is 1. The van der Waals surface area contributed by atoms with Gasteiger partial charge in [-0.1, -0.05) is 0 Å². The molecule has 0 saturated heterocycles. The van der Waals surface area contributed by atoms with Crippen LogP contribution in [0.25, 0.3) is 11.4 Å². The monoisotopic (exact) mass is 321 g/mol. The van der Waals surface area contributed by atoms with Gasteiger partial charge in [0.25, 0.3) is 0 Å². The van der Waals surface area contributed by atoms with E-state index in [2.05, 4.69) is 19.7 Å². The van der Waals surface area contributed by atoms with Gasteiger partial charge in [0.05, 0.1) is 12.7 Å². The summed E-state index contributed by atoms with van der Waals surface area (Å²) in [7, 11) is 1.34. The van der Waals surface area contributed by atoms with E-state index in [0.29, 0.717) is 23.0 Å². The zero-order valence-corrected chi connectivity index (χ0v) is 13.3. The van der Waals surface area contributed by atoms with Crippen molar-refractivity contribution in [1.82, 2.24) is 15.0 Å². The van der Waals surface area contributed by atoms with Gasteiger partial charge in [0.1, 0.15) is 5.75 Å². The second kappa shape index (κ2) is 6.87. The first kappa shape index (κ1) is 15.6. The first-order chi connectivity index (χ1) is 11.7. The average molecular weight is 321 g/mol. The van der Waals surface area contributed by atoms with E-state index in [9.17, 15) is 4.79 Å². The third kappa shape index (κ3) is 3.55. The van der Waals surface area contributed by atoms with Crippen LogP contribution in [0.15, 0.2) is 54.9 Å². The van der Waals surface area contributed by atoms with Crippen LogP contribution in [0.2, 0.25) is 0 Å². The number of ether oxygens (including phenoxy) is 2. The normalized spacial score (nSPS) is 10.2. The van der Waals surface area contributed by atoms with Gasteiger partial charge in [-0.25, -0.2) is 9.78 Å².